The first-order valence-electron chi connectivity index (χ1n) is 9.94. The fourth-order valence-electron chi connectivity index (χ4n) is 3.31. The van der Waals surface area contributed by atoms with Gasteiger partial charge in [-0.25, -0.2) is 18.1 Å². The van der Waals surface area contributed by atoms with Gasteiger partial charge < -0.3 is 15.6 Å². The van der Waals surface area contributed by atoms with Crippen molar-refractivity contribution in [2.75, 3.05) is 10.6 Å². The second kappa shape index (κ2) is 7.88. The molecule has 0 saturated heterocycles. The number of hydrogen-bond acceptors (Lipinski definition) is 7. The third-order valence-corrected chi connectivity index (χ3v) is 6.47. The van der Waals surface area contributed by atoms with Crippen LogP contribution in [0.15, 0.2) is 63.3 Å². The van der Waals surface area contributed by atoms with Crippen molar-refractivity contribution in [3.63, 3.8) is 0 Å². The number of nitrogens with zero attached hydrogens (tertiary/aromatic N) is 1. The summed E-state index contributed by atoms with van der Waals surface area (Å²) < 4.78 is 27.8. The summed E-state index contributed by atoms with van der Waals surface area (Å²) in [5.41, 5.74) is 1.37. The lowest BCUT2D eigenvalue weighted by atomic mass is 10.1. The molecular weight excluding hydrogens is 430 g/mol. The third-order valence-electron chi connectivity index (χ3n) is 4.72. The van der Waals surface area contributed by atoms with E-state index in [-0.39, 0.29) is 22.8 Å². The Kier molecular flexibility index (Phi) is 5.35. The Morgan fingerprint density at radius 1 is 1.00 bits per heavy atom. The molecule has 166 valence electrons. The van der Waals surface area contributed by atoms with E-state index in [1.54, 1.807) is 57.4 Å². The topological polar surface area (TPSA) is 133 Å². The first kappa shape index (κ1) is 21.7. The van der Waals surface area contributed by atoms with Crippen LogP contribution in [-0.4, -0.2) is 23.9 Å². The molecule has 1 heterocycles. The molecule has 0 fully saturated rings. The van der Waals surface area contributed by atoms with E-state index in [0.717, 1.165) is 11.0 Å². The number of hydrogen-bond donors (Lipinski definition) is 4. The van der Waals surface area contributed by atoms with Crippen LogP contribution in [0.25, 0.3) is 11.0 Å². The van der Waals surface area contributed by atoms with Crippen molar-refractivity contribution in [1.29, 1.82) is 0 Å². The molecule has 0 bridgehead atoms. The van der Waals surface area contributed by atoms with Crippen LogP contribution in [0.4, 0.5) is 17.1 Å². The number of H-pyrrole nitrogens is 1. The van der Waals surface area contributed by atoms with E-state index >= 15 is 0 Å². The number of benzene rings is 2. The van der Waals surface area contributed by atoms with Gasteiger partial charge >= 0.3 is 0 Å². The molecule has 0 atom stereocenters. The predicted octanol–water partition coefficient (Wildman–Crippen LogP) is 2.59. The van der Waals surface area contributed by atoms with E-state index in [1.165, 1.54) is 12.1 Å². The minimum Gasteiger partial charge on any atom is -0.376 e. The Labute approximate surface area is 184 Å². The van der Waals surface area contributed by atoms with Gasteiger partial charge in [-0.1, -0.05) is 12.1 Å². The van der Waals surface area contributed by atoms with E-state index in [9.17, 15) is 18.0 Å². The molecular formula is C22H23N5O4S. The zero-order chi connectivity index (χ0) is 23.1. The Morgan fingerprint density at radius 3 is 2.50 bits per heavy atom. The molecule has 0 spiro atoms. The molecule has 0 aliphatic carbocycles. The Morgan fingerprint density at radius 2 is 1.75 bits per heavy atom. The maximum absolute atomic E-state index is 12.6. The van der Waals surface area contributed by atoms with Crippen LogP contribution in [0, 0.1) is 0 Å². The van der Waals surface area contributed by atoms with Gasteiger partial charge in [-0.3, -0.25) is 9.59 Å². The van der Waals surface area contributed by atoms with E-state index in [0.29, 0.717) is 11.3 Å². The molecule has 0 unspecified atom stereocenters. The molecule has 3 aromatic carbocycles. The number of imidazole rings is 1. The fourth-order valence-corrected chi connectivity index (χ4v) is 4.80. The molecule has 0 saturated carbocycles. The standard InChI is InChI=1S/C22H23N5O4S/c1-22(2,3)27-32(30,31)15-6-4-5-13(9-15)11-23-18-19(21(29)20(18)28)26-14-7-8-16-17(10-14)25-12-24-16/h4-10,12,23,26-27H,11H2,1-3H3,(H,24,25). The van der Waals surface area contributed by atoms with Gasteiger partial charge in [-0.2, -0.15) is 0 Å². The van der Waals surface area contributed by atoms with Crippen molar-refractivity contribution in [2.24, 2.45) is 0 Å². The monoisotopic (exact) mass is 453 g/mol. The summed E-state index contributed by atoms with van der Waals surface area (Å²) in [5.74, 6) is 0. The van der Waals surface area contributed by atoms with E-state index in [1.807, 2.05) is 0 Å². The van der Waals surface area contributed by atoms with Crippen LogP contribution in [0.2, 0.25) is 0 Å². The van der Waals surface area contributed by atoms with Crippen LogP contribution >= 0.6 is 0 Å². The van der Waals surface area contributed by atoms with Gasteiger partial charge in [0.2, 0.25) is 10.0 Å². The molecule has 10 heteroatoms. The maximum atomic E-state index is 12.6. The van der Waals surface area contributed by atoms with Crippen molar-refractivity contribution in [2.45, 2.75) is 37.8 Å². The minimum atomic E-state index is -3.69. The van der Waals surface area contributed by atoms with Crippen LogP contribution in [0.3, 0.4) is 0 Å². The minimum absolute atomic E-state index is 0.128. The van der Waals surface area contributed by atoms with Gasteiger partial charge in [0.1, 0.15) is 11.4 Å². The lowest BCUT2D eigenvalue weighted by Gasteiger charge is -2.20. The van der Waals surface area contributed by atoms with Crippen LogP contribution in [-0.2, 0) is 16.6 Å². The van der Waals surface area contributed by atoms with Crippen molar-refractivity contribution < 1.29 is 8.42 Å². The predicted molar refractivity (Wildman–Crippen MR) is 125 cm³/mol. The second-order valence-electron chi connectivity index (χ2n) is 8.52. The Hall–Kier alpha value is -3.50. The molecule has 32 heavy (non-hydrogen) atoms. The summed E-state index contributed by atoms with van der Waals surface area (Å²) >= 11 is 0. The molecule has 4 N–H and O–H groups in total. The Balaban J connectivity index is 1.51. The second-order valence-corrected chi connectivity index (χ2v) is 10.2. The molecule has 1 aromatic heterocycles. The number of nitrogens with one attached hydrogen (secondary N) is 4. The number of anilines is 3. The summed E-state index contributed by atoms with van der Waals surface area (Å²) in [5, 5.41) is 5.94. The van der Waals surface area contributed by atoms with Crippen LogP contribution in [0.1, 0.15) is 26.3 Å². The molecule has 0 amide bonds. The van der Waals surface area contributed by atoms with Crippen LogP contribution in [0.5, 0.6) is 0 Å². The average Bonchev–Trinajstić information content (AvgIpc) is 3.19. The molecule has 9 nitrogen and oxygen atoms in total. The molecule has 0 aliphatic heterocycles. The highest BCUT2D eigenvalue weighted by molar-refractivity contribution is 7.89. The Bertz CT molecular complexity index is 1470. The quantitative estimate of drug-likeness (QED) is 0.316. The highest BCUT2D eigenvalue weighted by Gasteiger charge is 2.23. The summed E-state index contributed by atoms with van der Waals surface area (Å²) in [6.07, 6.45) is 1.57. The van der Waals surface area contributed by atoms with E-state index in [2.05, 4.69) is 25.3 Å². The zero-order valence-corrected chi connectivity index (χ0v) is 18.6. The molecule has 4 rings (SSSR count). The number of fused-ring (bicyclic) bond motifs is 1. The lowest BCUT2D eigenvalue weighted by molar-refractivity contribution is 0.491. The molecule has 0 aliphatic rings. The number of rotatable bonds is 7. The van der Waals surface area contributed by atoms with Gasteiger partial charge in [0, 0.05) is 17.8 Å². The summed E-state index contributed by atoms with van der Waals surface area (Å²) in [6, 6.07) is 11.8. The van der Waals surface area contributed by atoms with Crippen LogP contribution < -0.4 is 26.2 Å². The fraction of sp³-hybridized carbons (Fsp3) is 0.227. The van der Waals surface area contributed by atoms with Gasteiger partial charge in [-0.15, -0.1) is 0 Å². The van der Waals surface area contributed by atoms with Gasteiger partial charge in [-0.05, 0) is 56.7 Å². The first-order valence-corrected chi connectivity index (χ1v) is 11.4. The SMILES string of the molecule is CC(C)(C)NS(=O)(=O)c1cccc(CNc2c(Nc3ccc4nc[nH]c4c3)c(=O)c2=O)c1. The highest BCUT2D eigenvalue weighted by Crippen LogP contribution is 2.24. The van der Waals surface area contributed by atoms with Crippen molar-refractivity contribution in [1.82, 2.24) is 14.7 Å². The summed E-state index contributed by atoms with van der Waals surface area (Å²) in [4.78, 5) is 31.5. The summed E-state index contributed by atoms with van der Waals surface area (Å²) in [7, 11) is -3.69. The van der Waals surface area contributed by atoms with Crippen molar-refractivity contribution in [3.8, 4) is 0 Å². The number of aromatic amines is 1. The summed E-state index contributed by atoms with van der Waals surface area (Å²) in [6.45, 7) is 5.47. The highest BCUT2D eigenvalue weighted by atomic mass is 32.2. The zero-order valence-electron chi connectivity index (χ0n) is 17.8. The van der Waals surface area contributed by atoms with Gasteiger partial charge in [0.15, 0.2) is 0 Å². The normalized spacial score (nSPS) is 12.3. The van der Waals surface area contributed by atoms with E-state index < -0.39 is 26.4 Å². The third kappa shape index (κ3) is 4.41. The lowest BCUT2D eigenvalue weighted by Crippen LogP contribution is -2.40. The number of sulfonamides is 1. The number of aromatic nitrogens is 2. The van der Waals surface area contributed by atoms with Crippen molar-refractivity contribution >= 4 is 38.1 Å². The van der Waals surface area contributed by atoms with E-state index in [4.69, 9.17) is 0 Å². The van der Waals surface area contributed by atoms with Gasteiger partial charge in [0.05, 0.1) is 22.3 Å². The smallest absolute Gasteiger partial charge is 0.253 e. The van der Waals surface area contributed by atoms with Gasteiger partial charge in [0.25, 0.3) is 10.9 Å². The molecule has 4 aromatic rings. The largest absolute Gasteiger partial charge is 0.376 e. The molecule has 0 radical (unpaired) electrons. The van der Waals surface area contributed by atoms with Crippen molar-refractivity contribution in [3.05, 3.63) is 74.8 Å². The maximum Gasteiger partial charge on any atom is 0.253 e. The first-order chi connectivity index (χ1) is 15.0. The average molecular weight is 454 g/mol.